The van der Waals surface area contributed by atoms with Crippen LogP contribution in [0.1, 0.15) is 37.9 Å². The Hall–Kier alpha value is -1.40. The summed E-state index contributed by atoms with van der Waals surface area (Å²) in [6.45, 7) is 7.03. The zero-order chi connectivity index (χ0) is 15.4. The SMILES string of the molecule is CCn1ccnc1C1CCN(C(=O)C[C@H]2COCCN2)CC1. The fraction of sp³-hybridized carbons (Fsp3) is 0.750. The molecule has 22 heavy (non-hydrogen) atoms. The van der Waals surface area contributed by atoms with E-state index in [1.165, 1.54) is 5.82 Å². The van der Waals surface area contributed by atoms with Gasteiger partial charge in [-0.1, -0.05) is 0 Å². The number of morpholine rings is 1. The van der Waals surface area contributed by atoms with Gasteiger partial charge >= 0.3 is 0 Å². The summed E-state index contributed by atoms with van der Waals surface area (Å²) in [6.07, 6.45) is 6.50. The molecule has 2 aliphatic heterocycles. The van der Waals surface area contributed by atoms with Crippen molar-refractivity contribution in [2.75, 3.05) is 32.8 Å². The van der Waals surface area contributed by atoms with E-state index in [0.717, 1.165) is 45.6 Å². The standard InChI is InChI=1S/C16H26N4O2/c1-2-19-9-5-18-16(19)13-3-7-20(8-4-13)15(21)11-14-12-22-10-6-17-14/h5,9,13-14,17H,2-4,6-8,10-12H2,1H3/t14-/m0/s1. The van der Waals surface area contributed by atoms with E-state index in [1.807, 2.05) is 17.3 Å². The Kier molecular flexibility index (Phi) is 5.10. The molecule has 3 rings (SSSR count). The second-order valence-electron chi connectivity index (χ2n) is 6.16. The third-order valence-electron chi connectivity index (χ3n) is 4.72. The van der Waals surface area contributed by atoms with Crippen LogP contribution < -0.4 is 5.32 Å². The molecule has 2 fully saturated rings. The summed E-state index contributed by atoms with van der Waals surface area (Å²) in [4.78, 5) is 18.9. The van der Waals surface area contributed by atoms with Gasteiger partial charge in [-0.15, -0.1) is 0 Å². The number of rotatable bonds is 4. The lowest BCUT2D eigenvalue weighted by Crippen LogP contribution is -2.46. The Morgan fingerprint density at radius 3 is 2.95 bits per heavy atom. The van der Waals surface area contributed by atoms with Crippen LogP contribution in [0.25, 0.3) is 0 Å². The molecule has 6 nitrogen and oxygen atoms in total. The van der Waals surface area contributed by atoms with Gasteiger partial charge in [-0.2, -0.15) is 0 Å². The van der Waals surface area contributed by atoms with Gasteiger partial charge in [0.25, 0.3) is 0 Å². The lowest BCUT2D eigenvalue weighted by atomic mass is 9.95. The van der Waals surface area contributed by atoms with Crippen LogP contribution in [0, 0.1) is 0 Å². The maximum Gasteiger partial charge on any atom is 0.224 e. The van der Waals surface area contributed by atoms with E-state index in [4.69, 9.17) is 4.74 Å². The quantitative estimate of drug-likeness (QED) is 0.901. The van der Waals surface area contributed by atoms with Gasteiger partial charge in [-0.3, -0.25) is 4.79 Å². The van der Waals surface area contributed by atoms with Crippen LogP contribution in [0.2, 0.25) is 0 Å². The van der Waals surface area contributed by atoms with Gasteiger partial charge in [-0.25, -0.2) is 4.98 Å². The van der Waals surface area contributed by atoms with E-state index in [-0.39, 0.29) is 11.9 Å². The summed E-state index contributed by atoms with van der Waals surface area (Å²) in [5.41, 5.74) is 0. The molecule has 0 spiro atoms. The molecule has 0 unspecified atom stereocenters. The first-order chi connectivity index (χ1) is 10.8. The summed E-state index contributed by atoms with van der Waals surface area (Å²) in [5, 5.41) is 3.35. The number of ether oxygens (including phenoxy) is 1. The molecule has 1 aromatic heterocycles. The van der Waals surface area contributed by atoms with Crippen molar-refractivity contribution in [3.63, 3.8) is 0 Å². The number of carbonyl (C=O) groups is 1. The predicted octanol–water partition coefficient (Wildman–Crippen LogP) is 0.988. The van der Waals surface area contributed by atoms with Gasteiger partial charge < -0.3 is 19.5 Å². The molecule has 6 heteroatoms. The summed E-state index contributed by atoms with van der Waals surface area (Å²) in [7, 11) is 0. The number of imidazole rings is 1. The van der Waals surface area contributed by atoms with Crippen LogP contribution in [-0.2, 0) is 16.1 Å². The lowest BCUT2D eigenvalue weighted by molar-refractivity contribution is -0.133. The minimum atomic E-state index is 0.179. The van der Waals surface area contributed by atoms with Crippen LogP contribution in [0.15, 0.2) is 12.4 Å². The largest absolute Gasteiger partial charge is 0.378 e. The van der Waals surface area contributed by atoms with E-state index in [1.54, 1.807) is 0 Å². The van der Waals surface area contributed by atoms with Gasteiger partial charge in [0.05, 0.1) is 13.2 Å². The summed E-state index contributed by atoms with van der Waals surface area (Å²) < 4.78 is 7.63. The van der Waals surface area contributed by atoms with Crippen LogP contribution in [0.5, 0.6) is 0 Å². The Bertz CT molecular complexity index is 488. The lowest BCUT2D eigenvalue weighted by Gasteiger charge is -2.33. The van der Waals surface area contributed by atoms with Crippen molar-refractivity contribution in [1.82, 2.24) is 19.8 Å². The highest BCUT2D eigenvalue weighted by Crippen LogP contribution is 2.27. The van der Waals surface area contributed by atoms with Crippen LogP contribution in [-0.4, -0.2) is 59.2 Å². The molecule has 1 amide bonds. The first-order valence-corrected chi connectivity index (χ1v) is 8.38. The highest BCUT2D eigenvalue weighted by Gasteiger charge is 2.27. The van der Waals surface area contributed by atoms with Gasteiger partial charge in [0, 0.05) is 57.0 Å². The fourth-order valence-corrected chi connectivity index (χ4v) is 3.43. The molecule has 0 aromatic carbocycles. The topological polar surface area (TPSA) is 59.4 Å². The molecule has 122 valence electrons. The molecule has 3 heterocycles. The Morgan fingerprint density at radius 1 is 1.45 bits per heavy atom. The number of nitrogens with one attached hydrogen (secondary N) is 1. The Balaban J connectivity index is 1.49. The molecular formula is C16H26N4O2. The van der Waals surface area contributed by atoms with E-state index >= 15 is 0 Å². The van der Waals surface area contributed by atoms with Gasteiger partial charge in [0.1, 0.15) is 5.82 Å². The first-order valence-electron chi connectivity index (χ1n) is 8.38. The smallest absolute Gasteiger partial charge is 0.224 e. The zero-order valence-electron chi connectivity index (χ0n) is 13.3. The van der Waals surface area contributed by atoms with Gasteiger partial charge in [0.2, 0.25) is 5.91 Å². The van der Waals surface area contributed by atoms with Crippen molar-refractivity contribution in [2.45, 2.75) is 44.7 Å². The summed E-state index contributed by atoms with van der Waals surface area (Å²) >= 11 is 0. The highest BCUT2D eigenvalue weighted by molar-refractivity contribution is 5.77. The first kappa shape index (κ1) is 15.5. The highest BCUT2D eigenvalue weighted by atomic mass is 16.5. The fourth-order valence-electron chi connectivity index (χ4n) is 3.43. The minimum absolute atomic E-state index is 0.179. The maximum atomic E-state index is 12.4. The third kappa shape index (κ3) is 3.50. The molecule has 1 aromatic rings. The molecule has 0 bridgehead atoms. The summed E-state index contributed by atoms with van der Waals surface area (Å²) in [5.74, 6) is 1.91. The van der Waals surface area contributed by atoms with Gasteiger partial charge in [0.15, 0.2) is 0 Å². The van der Waals surface area contributed by atoms with Gasteiger partial charge in [-0.05, 0) is 19.8 Å². The van der Waals surface area contributed by atoms with E-state index < -0.39 is 0 Å². The number of hydrogen-bond donors (Lipinski definition) is 1. The molecule has 2 aliphatic rings. The second kappa shape index (κ2) is 7.24. The zero-order valence-corrected chi connectivity index (χ0v) is 13.3. The normalized spacial score (nSPS) is 23.7. The Morgan fingerprint density at radius 2 is 2.27 bits per heavy atom. The average molecular weight is 306 g/mol. The monoisotopic (exact) mass is 306 g/mol. The number of aromatic nitrogens is 2. The molecule has 0 aliphatic carbocycles. The van der Waals surface area contributed by atoms with E-state index in [2.05, 4.69) is 21.8 Å². The van der Waals surface area contributed by atoms with E-state index in [0.29, 0.717) is 18.9 Å². The number of hydrogen-bond acceptors (Lipinski definition) is 4. The van der Waals surface area contributed by atoms with Crippen molar-refractivity contribution >= 4 is 5.91 Å². The number of aryl methyl sites for hydroxylation is 1. The molecular weight excluding hydrogens is 280 g/mol. The second-order valence-corrected chi connectivity index (χ2v) is 6.16. The molecule has 2 saturated heterocycles. The number of nitrogens with zero attached hydrogens (tertiary/aromatic N) is 3. The van der Waals surface area contributed by atoms with Crippen LogP contribution in [0.4, 0.5) is 0 Å². The number of likely N-dealkylation sites (tertiary alicyclic amines) is 1. The van der Waals surface area contributed by atoms with Crippen molar-refractivity contribution in [1.29, 1.82) is 0 Å². The average Bonchev–Trinajstić information content (AvgIpc) is 3.04. The minimum Gasteiger partial charge on any atom is -0.378 e. The number of piperidine rings is 1. The summed E-state index contributed by atoms with van der Waals surface area (Å²) in [6, 6.07) is 0.179. The molecule has 1 N–H and O–H groups in total. The van der Waals surface area contributed by atoms with Crippen molar-refractivity contribution < 1.29 is 9.53 Å². The Labute approximate surface area is 131 Å². The van der Waals surface area contributed by atoms with Crippen molar-refractivity contribution in [2.24, 2.45) is 0 Å². The number of carbonyl (C=O) groups excluding carboxylic acids is 1. The molecule has 0 radical (unpaired) electrons. The van der Waals surface area contributed by atoms with E-state index in [9.17, 15) is 4.79 Å². The molecule has 0 saturated carbocycles. The van der Waals surface area contributed by atoms with Crippen molar-refractivity contribution in [3.8, 4) is 0 Å². The van der Waals surface area contributed by atoms with Crippen molar-refractivity contribution in [3.05, 3.63) is 18.2 Å². The maximum absolute atomic E-state index is 12.4. The molecule has 1 atom stereocenters. The van der Waals surface area contributed by atoms with Crippen LogP contribution >= 0.6 is 0 Å². The van der Waals surface area contributed by atoms with Crippen LogP contribution in [0.3, 0.4) is 0 Å². The number of amides is 1. The third-order valence-corrected chi connectivity index (χ3v) is 4.72. The predicted molar refractivity (Wildman–Crippen MR) is 83.7 cm³/mol.